The monoisotopic (exact) mass is 251 g/mol. The quantitative estimate of drug-likeness (QED) is 0.889. The van der Waals surface area contributed by atoms with Gasteiger partial charge in [0.25, 0.3) is 0 Å². The molecule has 0 aromatic carbocycles. The Balaban J connectivity index is 1.70. The minimum Gasteiger partial charge on any atom is -0.391 e. The van der Waals surface area contributed by atoms with Crippen LogP contribution < -0.4 is 0 Å². The van der Waals surface area contributed by atoms with Crippen molar-refractivity contribution < 1.29 is 5.11 Å². The summed E-state index contributed by atoms with van der Waals surface area (Å²) < 4.78 is 0. The Labute approximate surface area is 107 Å². The predicted octanol–water partition coefficient (Wildman–Crippen LogP) is 3.02. The lowest BCUT2D eigenvalue weighted by molar-refractivity contribution is 0.0117. The lowest BCUT2D eigenvalue weighted by Crippen LogP contribution is -2.46. The molecule has 94 valence electrons. The summed E-state index contributed by atoms with van der Waals surface area (Å²) in [7, 11) is 0. The van der Waals surface area contributed by atoms with Crippen LogP contribution in [0.1, 0.15) is 43.4 Å². The molecule has 1 N–H and O–H groups in total. The molecule has 3 heteroatoms. The van der Waals surface area contributed by atoms with Gasteiger partial charge in [-0.1, -0.05) is 18.9 Å². The molecule has 0 radical (unpaired) electrons. The first-order valence-corrected chi connectivity index (χ1v) is 7.69. The summed E-state index contributed by atoms with van der Waals surface area (Å²) >= 11 is 1.84. The molecule has 1 aromatic rings. The third-order valence-corrected chi connectivity index (χ3v) is 4.92. The van der Waals surface area contributed by atoms with Crippen LogP contribution in [0.4, 0.5) is 0 Å². The lowest BCUT2D eigenvalue weighted by Gasteiger charge is -2.37. The second-order valence-electron chi connectivity index (χ2n) is 5.40. The number of hydrogen-bond acceptors (Lipinski definition) is 3. The van der Waals surface area contributed by atoms with Crippen molar-refractivity contribution >= 4 is 11.3 Å². The fraction of sp³-hybridized carbons (Fsp3) is 0.714. The van der Waals surface area contributed by atoms with E-state index in [9.17, 15) is 5.11 Å². The molecule has 0 bridgehead atoms. The Morgan fingerprint density at radius 2 is 2.06 bits per heavy atom. The normalized spacial score (nSPS) is 29.8. The van der Waals surface area contributed by atoms with Crippen LogP contribution in [-0.4, -0.2) is 28.2 Å². The van der Waals surface area contributed by atoms with Crippen LogP contribution in [0.2, 0.25) is 0 Å². The molecule has 0 unspecified atom stereocenters. The van der Waals surface area contributed by atoms with Crippen molar-refractivity contribution in [3.8, 4) is 0 Å². The molecular weight excluding hydrogens is 230 g/mol. The molecule has 0 aliphatic heterocycles. The van der Waals surface area contributed by atoms with E-state index in [-0.39, 0.29) is 6.10 Å². The van der Waals surface area contributed by atoms with Gasteiger partial charge in [0.2, 0.25) is 0 Å². The highest BCUT2D eigenvalue weighted by molar-refractivity contribution is 7.09. The first kappa shape index (κ1) is 11.7. The first-order valence-electron chi connectivity index (χ1n) is 6.81. The van der Waals surface area contributed by atoms with Crippen molar-refractivity contribution in [3.05, 3.63) is 22.4 Å². The molecule has 2 nitrogen and oxygen atoms in total. The van der Waals surface area contributed by atoms with Crippen LogP contribution in [0, 0.1) is 0 Å². The molecule has 3 rings (SSSR count). The molecule has 2 saturated carbocycles. The van der Waals surface area contributed by atoms with E-state index in [0.29, 0.717) is 6.04 Å². The lowest BCUT2D eigenvalue weighted by atomic mass is 9.91. The van der Waals surface area contributed by atoms with Crippen molar-refractivity contribution in [1.82, 2.24) is 4.90 Å². The zero-order valence-electron chi connectivity index (χ0n) is 10.2. The van der Waals surface area contributed by atoms with E-state index in [0.717, 1.165) is 19.0 Å². The van der Waals surface area contributed by atoms with Crippen LogP contribution in [0.25, 0.3) is 0 Å². The van der Waals surface area contributed by atoms with E-state index < -0.39 is 0 Å². The third-order valence-electron chi connectivity index (χ3n) is 4.05. The smallest absolute Gasteiger partial charge is 0.0695 e. The number of hydrogen-bond donors (Lipinski definition) is 1. The van der Waals surface area contributed by atoms with Crippen molar-refractivity contribution in [1.29, 1.82) is 0 Å². The van der Waals surface area contributed by atoms with Gasteiger partial charge in [-0.25, -0.2) is 0 Å². The first-order chi connectivity index (χ1) is 8.34. The Kier molecular flexibility index (Phi) is 3.50. The minimum atomic E-state index is -0.0932. The van der Waals surface area contributed by atoms with Crippen LogP contribution in [0.5, 0.6) is 0 Å². The van der Waals surface area contributed by atoms with Crippen LogP contribution in [0.15, 0.2) is 17.5 Å². The molecule has 2 aliphatic rings. The second-order valence-corrected chi connectivity index (χ2v) is 6.43. The maximum Gasteiger partial charge on any atom is 0.0695 e. The van der Waals surface area contributed by atoms with Crippen molar-refractivity contribution in [2.45, 2.75) is 63.3 Å². The van der Waals surface area contributed by atoms with Crippen molar-refractivity contribution in [2.24, 2.45) is 0 Å². The maximum absolute atomic E-state index is 10.2. The number of thiophene rings is 1. The summed E-state index contributed by atoms with van der Waals surface area (Å²) in [5.74, 6) is 0. The second kappa shape index (κ2) is 5.09. The average Bonchev–Trinajstić information content (AvgIpc) is 3.05. The van der Waals surface area contributed by atoms with Gasteiger partial charge in [-0.2, -0.15) is 0 Å². The third kappa shape index (κ3) is 2.72. The van der Waals surface area contributed by atoms with E-state index in [4.69, 9.17) is 0 Å². The largest absolute Gasteiger partial charge is 0.391 e. The van der Waals surface area contributed by atoms with Crippen molar-refractivity contribution in [3.63, 3.8) is 0 Å². The molecule has 2 aliphatic carbocycles. The summed E-state index contributed by atoms with van der Waals surface area (Å²) in [5.41, 5.74) is 0. The average molecular weight is 251 g/mol. The number of rotatable bonds is 4. The molecule has 1 heterocycles. The number of nitrogens with zero attached hydrogens (tertiary/aromatic N) is 1. The molecular formula is C14H21NOS. The standard InChI is InChI=1S/C14H21NOS/c16-14-6-2-1-5-13(14)15(11-7-8-11)10-12-4-3-9-17-12/h3-4,9,11,13-14,16H,1-2,5-8,10H2/t13-,14-/m1/s1. The van der Waals surface area contributed by atoms with Crippen LogP contribution in [0.3, 0.4) is 0 Å². The summed E-state index contributed by atoms with van der Waals surface area (Å²) in [4.78, 5) is 4.02. The highest BCUT2D eigenvalue weighted by Gasteiger charge is 2.37. The van der Waals surface area contributed by atoms with Gasteiger partial charge >= 0.3 is 0 Å². The van der Waals surface area contributed by atoms with Gasteiger partial charge in [0, 0.05) is 23.5 Å². The summed E-state index contributed by atoms with van der Waals surface area (Å²) in [6.45, 7) is 1.05. The Morgan fingerprint density at radius 3 is 2.71 bits per heavy atom. The van der Waals surface area contributed by atoms with Gasteiger partial charge < -0.3 is 5.11 Å². The summed E-state index contributed by atoms with van der Waals surface area (Å²) in [6, 6.07) is 5.51. The molecule has 2 fully saturated rings. The Morgan fingerprint density at radius 1 is 1.24 bits per heavy atom. The Bertz CT molecular complexity index is 347. The van der Waals surface area contributed by atoms with Crippen LogP contribution >= 0.6 is 11.3 Å². The Hall–Kier alpha value is -0.380. The fourth-order valence-electron chi connectivity index (χ4n) is 2.98. The summed E-state index contributed by atoms with van der Waals surface area (Å²) in [6.07, 6.45) is 7.24. The molecule has 2 atom stereocenters. The van der Waals surface area contributed by atoms with E-state index >= 15 is 0 Å². The predicted molar refractivity (Wildman–Crippen MR) is 71.1 cm³/mol. The highest BCUT2D eigenvalue weighted by Crippen LogP contribution is 2.35. The zero-order chi connectivity index (χ0) is 11.7. The zero-order valence-corrected chi connectivity index (χ0v) is 11.0. The van der Waals surface area contributed by atoms with Gasteiger partial charge in [0.1, 0.15) is 0 Å². The molecule has 17 heavy (non-hydrogen) atoms. The van der Waals surface area contributed by atoms with Crippen molar-refractivity contribution in [2.75, 3.05) is 0 Å². The van der Waals surface area contributed by atoms with Gasteiger partial charge in [0.15, 0.2) is 0 Å². The van der Waals surface area contributed by atoms with Gasteiger partial charge in [0.05, 0.1) is 6.10 Å². The maximum atomic E-state index is 10.2. The van der Waals surface area contributed by atoms with E-state index in [2.05, 4.69) is 22.4 Å². The number of aliphatic hydroxyl groups is 1. The topological polar surface area (TPSA) is 23.5 Å². The SMILES string of the molecule is O[C@@H]1CCCC[C@H]1N(Cc1cccs1)C1CC1. The van der Waals surface area contributed by atoms with E-state index in [1.165, 1.54) is 37.0 Å². The minimum absolute atomic E-state index is 0.0932. The van der Waals surface area contributed by atoms with E-state index in [1.807, 2.05) is 11.3 Å². The van der Waals surface area contributed by atoms with Crippen LogP contribution in [-0.2, 0) is 6.54 Å². The van der Waals surface area contributed by atoms with E-state index in [1.54, 1.807) is 0 Å². The number of aliphatic hydroxyl groups excluding tert-OH is 1. The highest BCUT2D eigenvalue weighted by atomic mass is 32.1. The molecule has 0 saturated heterocycles. The summed E-state index contributed by atoms with van der Waals surface area (Å²) in [5, 5.41) is 12.4. The van der Waals surface area contributed by atoms with Gasteiger partial charge in [-0.05, 0) is 37.1 Å². The molecule has 1 aromatic heterocycles. The molecule has 0 spiro atoms. The van der Waals surface area contributed by atoms with Gasteiger partial charge in [-0.3, -0.25) is 4.90 Å². The molecule has 0 amide bonds. The fourth-order valence-corrected chi connectivity index (χ4v) is 3.70. The van der Waals surface area contributed by atoms with Gasteiger partial charge in [-0.15, -0.1) is 11.3 Å².